The van der Waals surface area contributed by atoms with Gasteiger partial charge in [0, 0.05) is 9.92 Å². The number of benzene rings is 2. The number of hydrogen-bond donors (Lipinski definition) is 2. The number of aliphatic carboxylic acids is 1. The summed E-state index contributed by atoms with van der Waals surface area (Å²) in [5.74, 6) is -0.975. The molecule has 4 nitrogen and oxygen atoms in total. The molecule has 2 N–H and O–H groups in total. The van der Waals surface area contributed by atoms with Crippen LogP contribution in [0.5, 0.6) is 0 Å². The molecule has 0 aliphatic rings. The Morgan fingerprint density at radius 3 is 2.52 bits per heavy atom. The summed E-state index contributed by atoms with van der Waals surface area (Å²) in [6, 6.07) is 15.8. The number of thioether (sulfide) groups is 1. The van der Waals surface area contributed by atoms with Crippen LogP contribution < -0.4 is 5.32 Å². The van der Waals surface area contributed by atoms with Gasteiger partial charge in [-0.25, -0.2) is 0 Å². The molecule has 0 unspecified atom stereocenters. The van der Waals surface area contributed by atoms with E-state index in [1.807, 2.05) is 30.3 Å². The first kappa shape index (κ1) is 17.4. The van der Waals surface area contributed by atoms with E-state index in [1.165, 1.54) is 11.8 Å². The van der Waals surface area contributed by atoms with E-state index < -0.39 is 12.0 Å². The van der Waals surface area contributed by atoms with E-state index in [4.69, 9.17) is 16.7 Å². The van der Waals surface area contributed by atoms with Gasteiger partial charge < -0.3 is 10.4 Å². The number of nitrogens with one attached hydrogen (secondary N) is 1. The predicted molar refractivity (Wildman–Crippen MR) is 91.8 cm³/mol. The van der Waals surface area contributed by atoms with Gasteiger partial charge in [-0.3, -0.25) is 9.59 Å². The molecule has 0 radical (unpaired) electrons. The Hall–Kier alpha value is -1.98. The highest BCUT2D eigenvalue weighted by Crippen LogP contribution is 2.22. The van der Waals surface area contributed by atoms with Gasteiger partial charge in [-0.05, 0) is 29.8 Å². The van der Waals surface area contributed by atoms with E-state index in [-0.39, 0.29) is 18.1 Å². The number of amides is 1. The SMILES string of the molecule is O=C(O)C[C@@H](NC(=O)CSc1ccccc1)c1cccc(Cl)c1. The second-order valence-electron chi connectivity index (χ2n) is 4.87. The zero-order valence-electron chi connectivity index (χ0n) is 12.2. The molecule has 1 atom stereocenters. The molecule has 0 spiro atoms. The number of halogens is 1. The van der Waals surface area contributed by atoms with Crippen molar-refractivity contribution in [3.05, 3.63) is 65.2 Å². The van der Waals surface area contributed by atoms with Gasteiger partial charge in [-0.2, -0.15) is 0 Å². The lowest BCUT2D eigenvalue weighted by Crippen LogP contribution is -2.31. The Bertz CT molecular complexity index is 679. The highest BCUT2D eigenvalue weighted by Gasteiger charge is 2.18. The van der Waals surface area contributed by atoms with E-state index in [2.05, 4.69) is 5.32 Å². The number of carboxylic acid groups (broad SMARTS) is 1. The maximum absolute atomic E-state index is 12.1. The first-order chi connectivity index (χ1) is 11.0. The van der Waals surface area contributed by atoms with Crippen LogP contribution in [-0.2, 0) is 9.59 Å². The lowest BCUT2D eigenvalue weighted by Gasteiger charge is -2.17. The van der Waals surface area contributed by atoms with Crippen LogP contribution in [0.25, 0.3) is 0 Å². The zero-order chi connectivity index (χ0) is 16.7. The first-order valence-corrected chi connectivity index (χ1v) is 8.35. The second-order valence-corrected chi connectivity index (χ2v) is 6.36. The van der Waals surface area contributed by atoms with Gasteiger partial charge in [-0.1, -0.05) is 41.9 Å². The standard InChI is InChI=1S/C17H16ClNO3S/c18-13-6-4-5-12(9-13)15(10-17(21)22)19-16(20)11-23-14-7-2-1-3-8-14/h1-9,15H,10-11H2,(H,19,20)(H,21,22)/t15-/m1/s1. The number of hydrogen-bond acceptors (Lipinski definition) is 3. The molecule has 23 heavy (non-hydrogen) atoms. The van der Waals surface area contributed by atoms with Gasteiger partial charge in [0.1, 0.15) is 0 Å². The van der Waals surface area contributed by atoms with Gasteiger partial charge in [0.15, 0.2) is 0 Å². The lowest BCUT2D eigenvalue weighted by atomic mass is 10.0. The Kier molecular flexibility index (Phi) is 6.50. The van der Waals surface area contributed by atoms with Crippen LogP contribution >= 0.6 is 23.4 Å². The maximum atomic E-state index is 12.1. The van der Waals surface area contributed by atoms with Crippen molar-refractivity contribution in [2.45, 2.75) is 17.4 Å². The minimum atomic E-state index is -0.981. The summed E-state index contributed by atoms with van der Waals surface area (Å²) in [6.45, 7) is 0. The van der Waals surface area contributed by atoms with Crippen molar-refractivity contribution < 1.29 is 14.7 Å². The number of rotatable bonds is 7. The molecule has 0 aromatic heterocycles. The molecule has 6 heteroatoms. The van der Waals surface area contributed by atoms with Crippen molar-refractivity contribution in [2.75, 3.05) is 5.75 Å². The van der Waals surface area contributed by atoms with Gasteiger partial charge in [-0.15, -0.1) is 11.8 Å². The van der Waals surface area contributed by atoms with Crippen LogP contribution in [0.2, 0.25) is 5.02 Å². The molecule has 2 rings (SSSR count). The van der Waals surface area contributed by atoms with Crippen LogP contribution in [0.3, 0.4) is 0 Å². The number of carbonyl (C=O) groups excluding carboxylic acids is 1. The quantitative estimate of drug-likeness (QED) is 0.747. The van der Waals surface area contributed by atoms with Crippen molar-refractivity contribution in [2.24, 2.45) is 0 Å². The summed E-state index contributed by atoms with van der Waals surface area (Å²) in [6.07, 6.45) is -0.192. The average molecular weight is 350 g/mol. The molecular weight excluding hydrogens is 334 g/mol. The summed E-state index contributed by atoms with van der Waals surface area (Å²) >= 11 is 7.34. The van der Waals surface area contributed by atoms with Crippen molar-refractivity contribution in [3.63, 3.8) is 0 Å². The molecule has 0 aliphatic carbocycles. The van der Waals surface area contributed by atoms with E-state index in [0.29, 0.717) is 10.6 Å². The predicted octanol–water partition coefficient (Wildman–Crippen LogP) is 3.76. The Morgan fingerprint density at radius 1 is 1.13 bits per heavy atom. The molecule has 120 valence electrons. The summed E-state index contributed by atoms with van der Waals surface area (Å²) in [4.78, 5) is 24.1. The van der Waals surface area contributed by atoms with E-state index in [9.17, 15) is 9.59 Å². The van der Waals surface area contributed by atoms with E-state index >= 15 is 0 Å². The fourth-order valence-corrected chi connectivity index (χ4v) is 2.98. The molecule has 2 aromatic rings. The lowest BCUT2D eigenvalue weighted by molar-refractivity contribution is -0.137. The fraction of sp³-hybridized carbons (Fsp3) is 0.176. The van der Waals surface area contributed by atoms with Gasteiger partial charge in [0.25, 0.3) is 0 Å². The molecule has 0 saturated heterocycles. The smallest absolute Gasteiger partial charge is 0.305 e. The molecule has 0 aliphatic heterocycles. The third-order valence-electron chi connectivity index (χ3n) is 3.08. The Morgan fingerprint density at radius 2 is 1.87 bits per heavy atom. The fourth-order valence-electron chi connectivity index (χ4n) is 2.05. The maximum Gasteiger partial charge on any atom is 0.305 e. The van der Waals surface area contributed by atoms with E-state index in [0.717, 1.165) is 4.90 Å². The van der Waals surface area contributed by atoms with E-state index in [1.54, 1.807) is 24.3 Å². The third-order valence-corrected chi connectivity index (χ3v) is 4.33. The average Bonchev–Trinajstić information content (AvgIpc) is 2.53. The summed E-state index contributed by atoms with van der Waals surface area (Å²) in [7, 11) is 0. The monoisotopic (exact) mass is 349 g/mol. The van der Waals surface area contributed by atoms with Crippen molar-refractivity contribution in [1.29, 1.82) is 0 Å². The molecular formula is C17H16ClNO3S. The minimum absolute atomic E-state index is 0.192. The number of carbonyl (C=O) groups is 2. The van der Waals surface area contributed by atoms with Gasteiger partial charge in [0.05, 0.1) is 18.2 Å². The first-order valence-electron chi connectivity index (χ1n) is 6.99. The van der Waals surface area contributed by atoms with Crippen molar-refractivity contribution >= 4 is 35.2 Å². The topological polar surface area (TPSA) is 66.4 Å². The number of carboxylic acids is 1. The Balaban J connectivity index is 1.99. The highest BCUT2D eigenvalue weighted by atomic mass is 35.5. The van der Waals surface area contributed by atoms with Crippen molar-refractivity contribution in [1.82, 2.24) is 5.32 Å². The van der Waals surface area contributed by atoms with Crippen LogP contribution in [0.15, 0.2) is 59.5 Å². The van der Waals surface area contributed by atoms with Crippen LogP contribution in [0, 0.1) is 0 Å². The Labute approximate surface area is 143 Å². The third kappa shape index (κ3) is 5.96. The normalized spacial score (nSPS) is 11.7. The summed E-state index contributed by atoms with van der Waals surface area (Å²) in [5, 5.41) is 12.3. The largest absolute Gasteiger partial charge is 0.481 e. The molecule has 0 bridgehead atoms. The molecule has 1 amide bonds. The molecule has 0 saturated carbocycles. The molecule has 0 fully saturated rings. The van der Waals surface area contributed by atoms with Crippen LogP contribution in [0.1, 0.15) is 18.0 Å². The minimum Gasteiger partial charge on any atom is -0.481 e. The summed E-state index contributed by atoms with van der Waals surface area (Å²) in [5.41, 5.74) is 0.679. The van der Waals surface area contributed by atoms with Gasteiger partial charge >= 0.3 is 5.97 Å². The van der Waals surface area contributed by atoms with Crippen molar-refractivity contribution in [3.8, 4) is 0 Å². The molecule has 0 heterocycles. The van der Waals surface area contributed by atoms with Gasteiger partial charge in [0.2, 0.25) is 5.91 Å². The highest BCUT2D eigenvalue weighted by molar-refractivity contribution is 8.00. The summed E-state index contributed by atoms with van der Waals surface area (Å²) < 4.78 is 0. The second kappa shape index (κ2) is 8.60. The zero-order valence-corrected chi connectivity index (χ0v) is 13.8. The molecule has 2 aromatic carbocycles. The van der Waals surface area contributed by atoms with Crippen LogP contribution in [0.4, 0.5) is 0 Å². The van der Waals surface area contributed by atoms with Crippen LogP contribution in [-0.4, -0.2) is 22.7 Å².